The average molecular weight is 354 g/mol. The van der Waals surface area contributed by atoms with Crippen molar-refractivity contribution < 1.29 is 17.6 Å². The molecule has 0 atom stereocenters. The predicted octanol–water partition coefficient (Wildman–Crippen LogP) is 5.02. The quantitative estimate of drug-likeness (QED) is 0.715. The number of rotatable bonds is 4. The van der Waals surface area contributed by atoms with Gasteiger partial charge in [0.25, 0.3) is 0 Å². The molecule has 4 nitrogen and oxygen atoms in total. The molecule has 1 heterocycles. The first-order valence-corrected chi connectivity index (χ1v) is 7.29. The summed E-state index contributed by atoms with van der Waals surface area (Å²) in [5.41, 5.74) is 0.299. The number of nitrogens with one attached hydrogen (secondary N) is 1. The van der Waals surface area contributed by atoms with E-state index in [1.165, 1.54) is 12.1 Å². The molecule has 24 heavy (non-hydrogen) atoms. The van der Waals surface area contributed by atoms with Crippen LogP contribution in [0.25, 0.3) is 11.5 Å². The summed E-state index contributed by atoms with van der Waals surface area (Å²) in [5.74, 6) is 0.574. The van der Waals surface area contributed by atoms with Gasteiger partial charge in [0.1, 0.15) is 0 Å². The van der Waals surface area contributed by atoms with Crippen LogP contribution in [-0.4, -0.2) is 10.2 Å². The first-order valence-electron chi connectivity index (χ1n) is 6.91. The number of halogens is 4. The van der Waals surface area contributed by atoms with Gasteiger partial charge >= 0.3 is 6.18 Å². The fraction of sp³-hybridized carbons (Fsp3) is 0.125. The van der Waals surface area contributed by atoms with E-state index in [1.54, 1.807) is 24.3 Å². The van der Waals surface area contributed by atoms with Crippen molar-refractivity contribution >= 4 is 17.3 Å². The summed E-state index contributed by atoms with van der Waals surface area (Å²) in [7, 11) is 0. The summed E-state index contributed by atoms with van der Waals surface area (Å²) in [6.07, 6.45) is -4.38. The molecule has 0 fully saturated rings. The van der Waals surface area contributed by atoms with E-state index in [1.807, 2.05) is 0 Å². The molecule has 0 aliphatic rings. The predicted molar refractivity (Wildman–Crippen MR) is 83.5 cm³/mol. The average Bonchev–Trinajstić information content (AvgIpc) is 3.02. The topological polar surface area (TPSA) is 51.0 Å². The standard InChI is InChI=1S/C16H11ClF3N3O/c17-12-6-4-10(5-7-12)15-23-22-14(24-15)9-21-13-3-1-2-11(8-13)16(18,19)20/h1-8,21H,9H2. The zero-order valence-corrected chi connectivity index (χ0v) is 12.9. The Morgan fingerprint density at radius 1 is 1.04 bits per heavy atom. The number of hydrogen-bond donors (Lipinski definition) is 1. The van der Waals surface area contributed by atoms with Gasteiger partial charge in [0.2, 0.25) is 11.8 Å². The van der Waals surface area contributed by atoms with E-state index < -0.39 is 11.7 Å². The Hall–Kier alpha value is -2.54. The Labute approximate surface area is 140 Å². The van der Waals surface area contributed by atoms with Crippen molar-refractivity contribution in [3.8, 4) is 11.5 Å². The van der Waals surface area contributed by atoms with Crippen LogP contribution in [0.4, 0.5) is 18.9 Å². The highest BCUT2D eigenvalue weighted by atomic mass is 35.5. The minimum absolute atomic E-state index is 0.113. The zero-order chi connectivity index (χ0) is 17.2. The molecule has 1 aromatic heterocycles. The maximum Gasteiger partial charge on any atom is 0.416 e. The van der Waals surface area contributed by atoms with E-state index in [4.69, 9.17) is 16.0 Å². The van der Waals surface area contributed by atoms with E-state index in [-0.39, 0.29) is 12.4 Å². The summed E-state index contributed by atoms with van der Waals surface area (Å²) in [5, 5.41) is 11.2. The number of alkyl halides is 3. The molecule has 0 saturated heterocycles. The number of benzene rings is 2. The van der Waals surface area contributed by atoms with Crippen molar-refractivity contribution in [1.82, 2.24) is 10.2 Å². The maximum atomic E-state index is 12.7. The Bertz CT molecular complexity index is 831. The number of hydrogen-bond acceptors (Lipinski definition) is 4. The van der Waals surface area contributed by atoms with Crippen LogP contribution in [0.15, 0.2) is 52.9 Å². The van der Waals surface area contributed by atoms with Crippen molar-refractivity contribution in [3.05, 3.63) is 65.0 Å². The second-order valence-corrected chi connectivity index (χ2v) is 5.38. The third-order valence-electron chi connectivity index (χ3n) is 3.19. The Kier molecular flexibility index (Phi) is 4.44. The van der Waals surface area contributed by atoms with Gasteiger partial charge in [-0.2, -0.15) is 13.2 Å². The van der Waals surface area contributed by atoms with Gasteiger partial charge in [0.05, 0.1) is 12.1 Å². The van der Waals surface area contributed by atoms with Gasteiger partial charge in [-0.15, -0.1) is 10.2 Å². The molecule has 0 spiro atoms. The van der Waals surface area contributed by atoms with Crippen LogP contribution in [-0.2, 0) is 12.7 Å². The van der Waals surface area contributed by atoms with Crippen molar-refractivity contribution in [2.24, 2.45) is 0 Å². The molecular formula is C16H11ClF3N3O. The molecule has 124 valence electrons. The van der Waals surface area contributed by atoms with Crippen LogP contribution in [0, 0.1) is 0 Å². The lowest BCUT2D eigenvalue weighted by molar-refractivity contribution is -0.137. The number of anilines is 1. The molecular weight excluding hydrogens is 343 g/mol. The van der Waals surface area contributed by atoms with E-state index in [0.717, 1.165) is 12.1 Å². The lowest BCUT2D eigenvalue weighted by Gasteiger charge is -2.09. The van der Waals surface area contributed by atoms with Gasteiger partial charge in [-0.05, 0) is 42.5 Å². The number of aromatic nitrogens is 2. The summed E-state index contributed by atoms with van der Waals surface area (Å²) in [6.45, 7) is 0.113. The van der Waals surface area contributed by atoms with Crippen LogP contribution in [0.2, 0.25) is 5.02 Å². The molecule has 1 N–H and O–H groups in total. The Morgan fingerprint density at radius 2 is 1.79 bits per heavy atom. The van der Waals surface area contributed by atoms with Crippen molar-refractivity contribution in [1.29, 1.82) is 0 Å². The smallest absolute Gasteiger partial charge is 0.416 e. The molecule has 0 radical (unpaired) electrons. The second-order valence-electron chi connectivity index (χ2n) is 4.94. The second kappa shape index (κ2) is 6.52. The third-order valence-corrected chi connectivity index (χ3v) is 3.44. The highest BCUT2D eigenvalue weighted by Gasteiger charge is 2.30. The summed E-state index contributed by atoms with van der Waals surface area (Å²) < 4.78 is 43.5. The van der Waals surface area contributed by atoms with Gasteiger partial charge in [0, 0.05) is 16.3 Å². The van der Waals surface area contributed by atoms with Crippen LogP contribution in [0.3, 0.4) is 0 Å². The van der Waals surface area contributed by atoms with Gasteiger partial charge in [-0.3, -0.25) is 0 Å². The van der Waals surface area contributed by atoms with Crippen LogP contribution >= 0.6 is 11.6 Å². The van der Waals surface area contributed by atoms with Crippen molar-refractivity contribution in [2.75, 3.05) is 5.32 Å². The summed E-state index contributed by atoms with van der Waals surface area (Å²) >= 11 is 5.81. The molecule has 0 aliphatic carbocycles. The summed E-state index contributed by atoms with van der Waals surface area (Å²) in [4.78, 5) is 0. The normalized spacial score (nSPS) is 11.5. The molecule has 2 aromatic carbocycles. The van der Waals surface area contributed by atoms with Crippen LogP contribution in [0.5, 0.6) is 0 Å². The van der Waals surface area contributed by atoms with Crippen molar-refractivity contribution in [2.45, 2.75) is 12.7 Å². The molecule has 3 rings (SSSR count). The molecule has 0 bridgehead atoms. The number of nitrogens with zero attached hydrogens (tertiary/aromatic N) is 2. The van der Waals surface area contributed by atoms with Crippen molar-refractivity contribution in [3.63, 3.8) is 0 Å². The molecule has 0 amide bonds. The van der Waals surface area contributed by atoms with Gasteiger partial charge in [0.15, 0.2) is 0 Å². The van der Waals surface area contributed by atoms with E-state index in [2.05, 4.69) is 15.5 Å². The first kappa shape index (κ1) is 16.3. The monoisotopic (exact) mass is 353 g/mol. The molecule has 3 aromatic rings. The zero-order valence-electron chi connectivity index (χ0n) is 12.1. The third kappa shape index (κ3) is 3.86. The SMILES string of the molecule is FC(F)(F)c1cccc(NCc2nnc(-c3ccc(Cl)cc3)o2)c1. The van der Waals surface area contributed by atoms with E-state index in [0.29, 0.717) is 22.2 Å². The Balaban J connectivity index is 1.69. The fourth-order valence-corrected chi connectivity index (χ4v) is 2.14. The lowest BCUT2D eigenvalue weighted by Crippen LogP contribution is -2.06. The molecule has 0 aliphatic heterocycles. The molecule has 0 saturated carbocycles. The first-order chi connectivity index (χ1) is 11.4. The van der Waals surface area contributed by atoms with Gasteiger partial charge in [-0.25, -0.2) is 0 Å². The van der Waals surface area contributed by atoms with Gasteiger partial charge in [-0.1, -0.05) is 17.7 Å². The van der Waals surface area contributed by atoms with E-state index in [9.17, 15) is 13.2 Å². The maximum absolute atomic E-state index is 12.7. The largest absolute Gasteiger partial charge is 0.419 e. The minimum atomic E-state index is -4.38. The molecule has 8 heteroatoms. The van der Waals surface area contributed by atoms with Crippen LogP contribution in [0.1, 0.15) is 11.5 Å². The molecule has 0 unspecified atom stereocenters. The Morgan fingerprint density at radius 3 is 2.50 bits per heavy atom. The minimum Gasteiger partial charge on any atom is -0.419 e. The highest BCUT2D eigenvalue weighted by molar-refractivity contribution is 6.30. The van der Waals surface area contributed by atoms with E-state index >= 15 is 0 Å². The highest BCUT2D eigenvalue weighted by Crippen LogP contribution is 2.30. The van der Waals surface area contributed by atoms with Crippen LogP contribution < -0.4 is 5.32 Å². The van der Waals surface area contributed by atoms with Gasteiger partial charge < -0.3 is 9.73 Å². The summed E-state index contributed by atoms with van der Waals surface area (Å²) in [6, 6.07) is 11.8. The lowest BCUT2D eigenvalue weighted by atomic mass is 10.2. The fourth-order valence-electron chi connectivity index (χ4n) is 2.02.